The van der Waals surface area contributed by atoms with Gasteiger partial charge in [0.1, 0.15) is 5.75 Å². The van der Waals surface area contributed by atoms with Gasteiger partial charge in [-0.25, -0.2) is 0 Å². The molecule has 1 aliphatic rings. The number of ether oxygens (including phenoxy) is 1. The number of carboxylic acids is 1. The van der Waals surface area contributed by atoms with Gasteiger partial charge in [-0.3, -0.25) is 4.57 Å². The summed E-state index contributed by atoms with van der Waals surface area (Å²) >= 11 is 1.54. The van der Waals surface area contributed by atoms with Gasteiger partial charge in [0.2, 0.25) is 0 Å². The summed E-state index contributed by atoms with van der Waals surface area (Å²) in [6.45, 7) is 1.43. The van der Waals surface area contributed by atoms with Crippen molar-refractivity contribution < 1.29 is 19.7 Å². The second kappa shape index (κ2) is 8.67. The minimum atomic E-state index is -1.18. The fraction of sp³-hybridized carbons (Fsp3) is 0.286. The lowest BCUT2D eigenvalue weighted by molar-refractivity contribution is -0.255. The number of hydrogen-bond acceptors (Lipinski definition) is 7. The largest absolute Gasteiger partial charge is 0.545 e. The summed E-state index contributed by atoms with van der Waals surface area (Å²) in [6.07, 6.45) is 2.18. The van der Waals surface area contributed by atoms with Crippen molar-refractivity contribution in [2.45, 2.75) is 36.4 Å². The maximum Gasteiger partial charge on any atom is 0.191 e. The monoisotopic (exact) mass is 410 g/mol. The molecule has 0 radical (unpaired) electrons. The number of phenols is 1. The summed E-state index contributed by atoms with van der Waals surface area (Å²) < 4.78 is 7.86. The Morgan fingerprint density at radius 2 is 1.93 bits per heavy atom. The maximum absolute atomic E-state index is 10.9. The molecule has 0 amide bonds. The summed E-state index contributed by atoms with van der Waals surface area (Å²) in [5.41, 5.74) is 2.02. The minimum absolute atomic E-state index is 0.128. The number of hydrogen-bond donors (Lipinski definition) is 1. The van der Waals surface area contributed by atoms with E-state index in [1.807, 2.05) is 12.1 Å². The average Bonchev–Trinajstić information content (AvgIpc) is 3.38. The smallest absolute Gasteiger partial charge is 0.191 e. The van der Waals surface area contributed by atoms with Crippen LogP contribution in [-0.4, -0.2) is 38.6 Å². The van der Waals surface area contributed by atoms with Crippen LogP contribution in [-0.2, 0) is 17.0 Å². The Balaban J connectivity index is 1.56. The third-order valence-corrected chi connectivity index (χ3v) is 5.85. The van der Waals surface area contributed by atoms with Gasteiger partial charge in [0, 0.05) is 17.9 Å². The molecule has 0 unspecified atom stereocenters. The fourth-order valence-corrected chi connectivity index (χ4v) is 4.16. The Hall–Kier alpha value is -2.84. The van der Waals surface area contributed by atoms with Crippen molar-refractivity contribution in [3.05, 3.63) is 59.7 Å². The lowest BCUT2D eigenvalue weighted by Crippen LogP contribution is -2.21. The number of aromatic carboxylic acids is 1. The highest BCUT2D eigenvalue weighted by atomic mass is 32.2. The van der Waals surface area contributed by atoms with Crippen LogP contribution in [0.4, 0.5) is 0 Å². The van der Waals surface area contributed by atoms with Gasteiger partial charge >= 0.3 is 0 Å². The van der Waals surface area contributed by atoms with Crippen molar-refractivity contribution in [2.24, 2.45) is 0 Å². The summed E-state index contributed by atoms with van der Waals surface area (Å²) in [6, 6.07) is 13.5. The molecule has 0 aliphatic carbocycles. The second-order valence-corrected chi connectivity index (χ2v) is 7.81. The molecule has 1 N–H and O–H groups in total. The molecule has 150 valence electrons. The molecule has 1 atom stereocenters. The Morgan fingerprint density at radius 3 is 2.59 bits per heavy atom. The van der Waals surface area contributed by atoms with E-state index in [2.05, 4.69) is 14.8 Å². The van der Waals surface area contributed by atoms with Crippen molar-refractivity contribution in [3.8, 4) is 17.1 Å². The van der Waals surface area contributed by atoms with Gasteiger partial charge in [0.15, 0.2) is 11.0 Å². The standard InChI is InChI=1S/C21H21N3O4S/c25-17-9-7-15(8-10-17)19-22-23-21(24(19)12-18-2-1-11-28-18)29-13-14-3-5-16(6-4-14)20(26)27/h3-10,18,25H,1-2,11-13H2,(H,26,27)/p-1/t18-/m1/s1. The molecule has 29 heavy (non-hydrogen) atoms. The molecule has 0 saturated carbocycles. The van der Waals surface area contributed by atoms with E-state index in [9.17, 15) is 15.0 Å². The molecule has 3 aromatic rings. The third kappa shape index (κ3) is 4.60. The molecule has 1 saturated heterocycles. The van der Waals surface area contributed by atoms with E-state index in [1.54, 1.807) is 36.4 Å². The van der Waals surface area contributed by atoms with Crippen molar-refractivity contribution in [1.29, 1.82) is 0 Å². The van der Waals surface area contributed by atoms with Crippen LogP contribution in [0.5, 0.6) is 5.75 Å². The SMILES string of the molecule is O=C([O-])c1ccc(CSc2nnc(-c3ccc(O)cc3)n2C[C@H]2CCCO2)cc1. The number of nitrogens with zero attached hydrogens (tertiary/aromatic N) is 3. The van der Waals surface area contributed by atoms with Crippen LogP contribution in [0.1, 0.15) is 28.8 Å². The van der Waals surface area contributed by atoms with Gasteiger partial charge in [-0.2, -0.15) is 0 Å². The van der Waals surface area contributed by atoms with Crippen molar-refractivity contribution in [1.82, 2.24) is 14.8 Å². The lowest BCUT2D eigenvalue weighted by Gasteiger charge is -2.15. The number of aromatic hydroxyl groups is 1. The van der Waals surface area contributed by atoms with Crippen LogP contribution in [0.25, 0.3) is 11.4 Å². The molecule has 2 aromatic carbocycles. The molecule has 2 heterocycles. The van der Waals surface area contributed by atoms with E-state index < -0.39 is 5.97 Å². The van der Waals surface area contributed by atoms with Gasteiger partial charge in [-0.05, 0) is 48.2 Å². The molecule has 1 aromatic heterocycles. The number of phenolic OH excluding ortho intramolecular Hbond substituents is 1. The van der Waals surface area contributed by atoms with E-state index in [-0.39, 0.29) is 17.4 Å². The Bertz CT molecular complexity index is 980. The average molecular weight is 410 g/mol. The van der Waals surface area contributed by atoms with Gasteiger partial charge in [0.05, 0.1) is 18.6 Å². The molecular weight excluding hydrogens is 390 g/mol. The first kappa shape index (κ1) is 19.5. The van der Waals surface area contributed by atoms with Crippen molar-refractivity contribution >= 4 is 17.7 Å². The van der Waals surface area contributed by atoms with Crippen LogP contribution in [0.15, 0.2) is 53.7 Å². The summed E-state index contributed by atoms with van der Waals surface area (Å²) in [7, 11) is 0. The Labute approximate surface area is 172 Å². The molecule has 0 spiro atoms. The number of carbonyl (C=O) groups is 1. The quantitative estimate of drug-likeness (QED) is 0.597. The predicted octanol–water partition coefficient (Wildman–Crippen LogP) is 2.49. The van der Waals surface area contributed by atoms with E-state index in [0.717, 1.165) is 41.6 Å². The maximum atomic E-state index is 10.9. The zero-order chi connectivity index (χ0) is 20.2. The zero-order valence-electron chi connectivity index (χ0n) is 15.7. The first-order valence-electron chi connectivity index (χ1n) is 9.37. The summed E-state index contributed by atoms with van der Waals surface area (Å²) in [4.78, 5) is 10.9. The zero-order valence-corrected chi connectivity index (χ0v) is 16.5. The van der Waals surface area contributed by atoms with Crippen LogP contribution in [0, 0.1) is 0 Å². The number of carbonyl (C=O) groups excluding carboxylic acids is 1. The molecule has 8 heteroatoms. The second-order valence-electron chi connectivity index (χ2n) is 6.87. The topological polar surface area (TPSA) is 100 Å². The van der Waals surface area contributed by atoms with Crippen LogP contribution < -0.4 is 5.11 Å². The highest BCUT2D eigenvalue weighted by molar-refractivity contribution is 7.98. The number of benzene rings is 2. The highest BCUT2D eigenvalue weighted by Gasteiger charge is 2.21. The Morgan fingerprint density at radius 1 is 1.17 bits per heavy atom. The molecule has 0 bridgehead atoms. The molecule has 7 nitrogen and oxygen atoms in total. The van der Waals surface area contributed by atoms with Crippen LogP contribution in [0.3, 0.4) is 0 Å². The molecular formula is C21H20N3O4S-. The predicted molar refractivity (Wildman–Crippen MR) is 106 cm³/mol. The number of thioether (sulfide) groups is 1. The highest BCUT2D eigenvalue weighted by Crippen LogP contribution is 2.29. The van der Waals surface area contributed by atoms with E-state index in [4.69, 9.17) is 4.74 Å². The molecule has 1 fully saturated rings. The van der Waals surface area contributed by atoms with E-state index in [0.29, 0.717) is 12.3 Å². The van der Waals surface area contributed by atoms with Gasteiger partial charge in [-0.15, -0.1) is 10.2 Å². The van der Waals surface area contributed by atoms with Crippen molar-refractivity contribution in [2.75, 3.05) is 6.61 Å². The van der Waals surface area contributed by atoms with Crippen LogP contribution in [0.2, 0.25) is 0 Å². The summed E-state index contributed by atoms with van der Waals surface area (Å²) in [5, 5.41) is 30.0. The van der Waals surface area contributed by atoms with E-state index >= 15 is 0 Å². The van der Waals surface area contributed by atoms with Crippen LogP contribution >= 0.6 is 11.8 Å². The van der Waals surface area contributed by atoms with Crippen molar-refractivity contribution in [3.63, 3.8) is 0 Å². The first-order chi connectivity index (χ1) is 14.1. The fourth-order valence-electron chi connectivity index (χ4n) is 3.26. The lowest BCUT2D eigenvalue weighted by atomic mass is 10.1. The Kier molecular flexibility index (Phi) is 5.82. The normalized spacial score (nSPS) is 16.2. The minimum Gasteiger partial charge on any atom is -0.545 e. The summed E-state index contributed by atoms with van der Waals surface area (Å²) in [5.74, 6) is 0.384. The van der Waals surface area contributed by atoms with Gasteiger partial charge in [0.25, 0.3) is 0 Å². The number of carboxylic acid groups (broad SMARTS) is 1. The van der Waals surface area contributed by atoms with Gasteiger partial charge < -0.3 is 19.7 Å². The third-order valence-electron chi connectivity index (χ3n) is 4.81. The first-order valence-corrected chi connectivity index (χ1v) is 10.4. The van der Waals surface area contributed by atoms with Gasteiger partial charge in [-0.1, -0.05) is 36.0 Å². The number of aromatic nitrogens is 3. The molecule has 1 aliphatic heterocycles. The van der Waals surface area contributed by atoms with E-state index in [1.165, 1.54) is 11.8 Å². The number of rotatable bonds is 7. The molecule has 4 rings (SSSR count).